The highest BCUT2D eigenvalue weighted by atomic mass is 32.1. The molecule has 2 N–H and O–H groups in total. The standard InChI is InChI=1S/C9H18N2O2S/c1-6(12)10-7(5-14)8(13)11-9(2,3)4/h7,14H,5H2,1-4H3,(H,10,12)(H,11,13)/t7-/m0/s1. The molecule has 0 saturated heterocycles. The zero-order valence-electron chi connectivity index (χ0n) is 9.05. The molecule has 0 fully saturated rings. The van der Waals surface area contributed by atoms with Gasteiger partial charge in [0.15, 0.2) is 0 Å². The van der Waals surface area contributed by atoms with E-state index in [0.717, 1.165) is 0 Å². The maximum Gasteiger partial charge on any atom is 0.243 e. The average molecular weight is 218 g/mol. The van der Waals surface area contributed by atoms with Gasteiger partial charge in [-0.2, -0.15) is 12.6 Å². The zero-order chi connectivity index (χ0) is 11.4. The minimum Gasteiger partial charge on any atom is -0.350 e. The topological polar surface area (TPSA) is 58.2 Å². The van der Waals surface area contributed by atoms with E-state index in [9.17, 15) is 9.59 Å². The van der Waals surface area contributed by atoms with Crippen molar-refractivity contribution in [1.29, 1.82) is 0 Å². The van der Waals surface area contributed by atoms with Gasteiger partial charge in [-0.1, -0.05) is 0 Å². The fourth-order valence-electron chi connectivity index (χ4n) is 0.896. The number of thiol groups is 1. The molecule has 0 aromatic rings. The molecule has 0 aliphatic carbocycles. The third kappa shape index (κ3) is 5.85. The average Bonchev–Trinajstić information content (AvgIpc) is 1.96. The quantitative estimate of drug-likeness (QED) is 0.598. The first kappa shape index (κ1) is 13.3. The lowest BCUT2D eigenvalue weighted by atomic mass is 10.1. The van der Waals surface area contributed by atoms with E-state index in [0.29, 0.717) is 5.75 Å². The third-order valence-electron chi connectivity index (χ3n) is 1.37. The van der Waals surface area contributed by atoms with Crippen LogP contribution in [-0.2, 0) is 9.59 Å². The van der Waals surface area contributed by atoms with E-state index in [1.807, 2.05) is 20.8 Å². The molecule has 0 aromatic carbocycles. The maximum atomic E-state index is 11.6. The predicted octanol–water partition coefficient (Wildman–Crippen LogP) is 0.336. The van der Waals surface area contributed by atoms with E-state index in [1.165, 1.54) is 6.92 Å². The highest BCUT2D eigenvalue weighted by Gasteiger charge is 2.21. The lowest BCUT2D eigenvalue weighted by Crippen LogP contribution is -2.52. The van der Waals surface area contributed by atoms with Gasteiger partial charge in [0.25, 0.3) is 0 Å². The Hall–Kier alpha value is -0.710. The van der Waals surface area contributed by atoms with Crippen molar-refractivity contribution in [1.82, 2.24) is 10.6 Å². The van der Waals surface area contributed by atoms with Crippen LogP contribution in [0.5, 0.6) is 0 Å². The Morgan fingerprint density at radius 1 is 1.36 bits per heavy atom. The van der Waals surface area contributed by atoms with Crippen molar-refractivity contribution in [3.8, 4) is 0 Å². The Labute approximate surface area is 90.2 Å². The summed E-state index contributed by atoms with van der Waals surface area (Å²) in [7, 11) is 0. The van der Waals surface area contributed by atoms with Gasteiger partial charge in [0.05, 0.1) is 0 Å². The SMILES string of the molecule is CC(=O)N[C@@H](CS)C(=O)NC(C)(C)C. The monoisotopic (exact) mass is 218 g/mol. The Bertz CT molecular complexity index is 223. The van der Waals surface area contributed by atoms with Crippen molar-refractivity contribution in [2.75, 3.05) is 5.75 Å². The van der Waals surface area contributed by atoms with Crippen LogP contribution >= 0.6 is 12.6 Å². The van der Waals surface area contributed by atoms with Crippen molar-refractivity contribution in [2.45, 2.75) is 39.3 Å². The number of carbonyl (C=O) groups is 2. The van der Waals surface area contributed by atoms with Crippen LogP contribution in [0.25, 0.3) is 0 Å². The summed E-state index contributed by atoms with van der Waals surface area (Å²) in [4.78, 5) is 22.3. The normalized spacial score (nSPS) is 13.2. The summed E-state index contributed by atoms with van der Waals surface area (Å²) in [6, 6.07) is -0.560. The maximum absolute atomic E-state index is 11.6. The summed E-state index contributed by atoms with van der Waals surface area (Å²) in [6.45, 7) is 7.03. The van der Waals surface area contributed by atoms with Crippen LogP contribution in [0.1, 0.15) is 27.7 Å². The lowest BCUT2D eigenvalue weighted by molar-refractivity contribution is -0.128. The van der Waals surface area contributed by atoms with Crippen LogP contribution in [0.15, 0.2) is 0 Å². The molecule has 0 aliphatic rings. The molecule has 0 unspecified atom stereocenters. The molecule has 82 valence electrons. The number of rotatable bonds is 3. The molecule has 0 aliphatic heterocycles. The van der Waals surface area contributed by atoms with Gasteiger partial charge in [-0.15, -0.1) is 0 Å². The number of hydrogen-bond acceptors (Lipinski definition) is 3. The van der Waals surface area contributed by atoms with Gasteiger partial charge in [-0.3, -0.25) is 9.59 Å². The molecule has 0 saturated carbocycles. The van der Waals surface area contributed by atoms with Gasteiger partial charge < -0.3 is 10.6 Å². The molecule has 0 spiro atoms. The van der Waals surface area contributed by atoms with Crippen molar-refractivity contribution in [3.63, 3.8) is 0 Å². The molecule has 0 heterocycles. The molecule has 0 aromatic heterocycles. The molecule has 14 heavy (non-hydrogen) atoms. The molecular formula is C9H18N2O2S. The number of carbonyl (C=O) groups excluding carboxylic acids is 2. The highest BCUT2D eigenvalue weighted by Crippen LogP contribution is 2.00. The van der Waals surface area contributed by atoms with Crippen molar-refractivity contribution in [3.05, 3.63) is 0 Å². The number of amides is 2. The fourth-order valence-corrected chi connectivity index (χ4v) is 1.15. The van der Waals surface area contributed by atoms with E-state index in [4.69, 9.17) is 0 Å². The van der Waals surface area contributed by atoms with Crippen LogP contribution in [0.3, 0.4) is 0 Å². The predicted molar refractivity (Wildman–Crippen MR) is 59.4 cm³/mol. The lowest BCUT2D eigenvalue weighted by Gasteiger charge is -2.24. The fraction of sp³-hybridized carbons (Fsp3) is 0.778. The molecule has 0 radical (unpaired) electrons. The Morgan fingerprint density at radius 2 is 1.86 bits per heavy atom. The summed E-state index contributed by atoms with van der Waals surface area (Å²) in [6.07, 6.45) is 0. The minimum atomic E-state index is -0.560. The first-order valence-electron chi connectivity index (χ1n) is 4.46. The molecule has 1 atom stereocenters. The molecule has 4 nitrogen and oxygen atoms in total. The van der Waals surface area contributed by atoms with Crippen molar-refractivity contribution in [2.24, 2.45) is 0 Å². The van der Waals surface area contributed by atoms with E-state index in [1.54, 1.807) is 0 Å². The largest absolute Gasteiger partial charge is 0.350 e. The second kappa shape index (κ2) is 5.24. The first-order chi connectivity index (χ1) is 6.26. The second-order valence-corrected chi connectivity index (χ2v) is 4.54. The van der Waals surface area contributed by atoms with Crippen LogP contribution in [0, 0.1) is 0 Å². The summed E-state index contributed by atoms with van der Waals surface area (Å²) >= 11 is 4.00. The molecule has 0 rings (SSSR count). The molecule has 2 amide bonds. The zero-order valence-corrected chi connectivity index (χ0v) is 9.94. The van der Waals surface area contributed by atoms with Crippen molar-refractivity contribution < 1.29 is 9.59 Å². The highest BCUT2D eigenvalue weighted by molar-refractivity contribution is 7.80. The van der Waals surface area contributed by atoms with Gasteiger partial charge in [0.1, 0.15) is 6.04 Å². The summed E-state index contributed by atoms with van der Waals surface area (Å²) in [5, 5.41) is 5.30. The van der Waals surface area contributed by atoms with E-state index < -0.39 is 6.04 Å². The van der Waals surface area contributed by atoms with Gasteiger partial charge in [-0.25, -0.2) is 0 Å². The van der Waals surface area contributed by atoms with Crippen LogP contribution in [0.4, 0.5) is 0 Å². The van der Waals surface area contributed by atoms with E-state index >= 15 is 0 Å². The molecule has 5 heteroatoms. The summed E-state index contributed by atoms with van der Waals surface area (Å²) < 4.78 is 0. The number of hydrogen-bond donors (Lipinski definition) is 3. The van der Waals surface area contributed by atoms with Gasteiger partial charge in [-0.05, 0) is 20.8 Å². The van der Waals surface area contributed by atoms with Crippen LogP contribution in [0.2, 0.25) is 0 Å². The summed E-state index contributed by atoms with van der Waals surface area (Å²) in [5.41, 5.74) is -0.295. The smallest absolute Gasteiger partial charge is 0.243 e. The van der Waals surface area contributed by atoms with Crippen LogP contribution in [-0.4, -0.2) is 29.1 Å². The van der Waals surface area contributed by atoms with Gasteiger partial charge in [0.2, 0.25) is 11.8 Å². The molecular weight excluding hydrogens is 200 g/mol. The van der Waals surface area contributed by atoms with Gasteiger partial charge in [0, 0.05) is 18.2 Å². The van der Waals surface area contributed by atoms with Crippen molar-refractivity contribution >= 4 is 24.4 Å². The van der Waals surface area contributed by atoms with Crippen LogP contribution < -0.4 is 10.6 Å². The Balaban J connectivity index is 4.25. The Kier molecular flexibility index (Phi) is 4.97. The molecule has 0 bridgehead atoms. The van der Waals surface area contributed by atoms with Gasteiger partial charge >= 0.3 is 0 Å². The Morgan fingerprint density at radius 3 is 2.14 bits per heavy atom. The third-order valence-corrected chi connectivity index (χ3v) is 1.74. The minimum absolute atomic E-state index is 0.206. The first-order valence-corrected chi connectivity index (χ1v) is 5.09. The van der Waals surface area contributed by atoms with E-state index in [-0.39, 0.29) is 17.4 Å². The van der Waals surface area contributed by atoms with E-state index in [2.05, 4.69) is 23.3 Å². The second-order valence-electron chi connectivity index (χ2n) is 4.17. The number of nitrogens with one attached hydrogen (secondary N) is 2. The summed E-state index contributed by atoms with van der Waals surface area (Å²) in [5.74, 6) is -0.141.